The predicted molar refractivity (Wildman–Crippen MR) is 68.9 cm³/mol. The van der Waals surface area contributed by atoms with Crippen LogP contribution in [-0.2, 0) is 6.54 Å². The predicted octanol–water partition coefficient (Wildman–Crippen LogP) is 1.38. The normalized spacial score (nSPS) is 17.4. The molecule has 0 bridgehead atoms. The van der Waals surface area contributed by atoms with E-state index in [4.69, 9.17) is 0 Å². The topological polar surface area (TPSA) is 41.1 Å². The number of anilines is 1. The van der Waals surface area contributed by atoms with Gasteiger partial charge in [-0.15, -0.1) is 0 Å². The van der Waals surface area contributed by atoms with E-state index in [1.807, 2.05) is 31.8 Å². The Bertz CT molecular complexity index is 350. The van der Waals surface area contributed by atoms with Crippen LogP contribution in [0.5, 0.6) is 0 Å². The van der Waals surface area contributed by atoms with E-state index in [9.17, 15) is 0 Å². The van der Waals surface area contributed by atoms with Crippen molar-refractivity contribution in [2.24, 2.45) is 0 Å². The molecule has 0 aromatic carbocycles. The van der Waals surface area contributed by atoms with Gasteiger partial charge in [-0.05, 0) is 6.92 Å². The summed E-state index contributed by atoms with van der Waals surface area (Å²) in [6, 6.07) is 1.97. The summed E-state index contributed by atoms with van der Waals surface area (Å²) in [7, 11) is 1.89. The van der Waals surface area contributed by atoms with Crippen LogP contribution in [0.1, 0.15) is 11.5 Å². The summed E-state index contributed by atoms with van der Waals surface area (Å²) in [4.78, 5) is 11.4. The smallest absolute Gasteiger partial charge is 0.144 e. The average molecular weight is 238 g/mol. The van der Waals surface area contributed by atoms with Crippen molar-refractivity contribution < 1.29 is 0 Å². The van der Waals surface area contributed by atoms with Crippen LogP contribution in [0, 0.1) is 6.92 Å². The fraction of sp³-hybridized carbons (Fsp3) is 0.636. The summed E-state index contributed by atoms with van der Waals surface area (Å²) < 4.78 is 0. The van der Waals surface area contributed by atoms with Crippen LogP contribution in [0.4, 0.5) is 5.82 Å². The molecule has 0 saturated carbocycles. The zero-order valence-electron chi connectivity index (χ0n) is 9.86. The number of hydrogen-bond donors (Lipinski definition) is 1. The molecule has 0 unspecified atom stereocenters. The second-order valence-corrected chi connectivity index (χ2v) is 5.17. The van der Waals surface area contributed by atoms with Gasteiger partial charge in [0.05, 0.1) is 6.54 Å². The van der Waals surface area contributed by atoms with Crippen LogP contribution in [0.15, 0.2) is 6.07 Å². The number of aromatic nitrogens is 2. The van der Waals surface area contributed by atoms with E-state index < -0.39 is 0 Å². The fourth-order valence-corrected chi connectivity index (χ4v) is 2.77. The molecule has 4 nitrogen and oxygen atoms in total. The van der Waals surface area contributed by atoms with Crippen molar-refractivity contribution in [1.29, 1.82) is 0 Å². The molecular weight excluding hydrogens is 220 g/mol. The van der Waals surface area contributed by atoms with Crippen LogP contribution in [0.2, 0.25) is 0 Å². The van der Waals surface area contributed by atoms with Gasteiger partial charge < -0.3 is 5.32 Å². The number of nitrogens with one attached hydrogen (secondary N) is 1. The van der Waals surface area contributed by atoms with Crippen LogP contribution < -0.4 is 5.32 Å². The van der Waals surface area contributed by atoms with Gasteiger partial charge in [0.25, 0.3) is 0 Å². The minimum absolute atomic E-state index is 0.872. The van der Waals surface area contributed by atoms with E-state index >= 15 is 0 Å². The molecule has 1 N–H and O–H groups in total. The lowest BCUT2D eigenvalue weighted by Gasteiger charge is -2.25. The monoisotopic (exact) mass is 238 g/mol. The highest BCUT2D eigenvalue weighted by molar-refractivity contribution is 7.99. The first-order chi connectivity index (χ1) is 7.78. The number of aryl methyl sites for hydroxylation is 1. The minimum atomic E-state index is 0.872. The fourth-order valence-electron chi connectivity index (χ4n) is 1.79. The number of hydrogen-bond acceptors (Lipinski definition) is 5. The van der Waals surface area contributed by atoms with E-state index in [0.29, 0.717) is 0 Å². The quantitative estimate of drug-likeness (QED) is 0.861. The zero-order valence-corrected chi connectivity index (χ0v) is 10.7. The highest BCUT2D eigenvalue weighted by Crippen LogP contribution is 2.12. The van der Waals surface area contributed by atoms with Gasteiger partial charge in [0, 0.05) is 43.4 Å². The van der Waals surface area contributed by atoms with E-state index in [1.54, 1.807) is 0 Å². The molecule has 1 aromatic rings. The standard InChI is InChI=1S/C11H18N4S/c1-9-7-10(12-2)14-11(13-9)8-15-3-5-16-6-4-15/h7H,3-6,8H2,1-2H3,(H,12,13,14). The maximum atomic E-state index is 4.48. The first-order valence-corrected chi connectivity index (χ1v) is 6.76. The summed E-state index contributed by atoms with van der Waals surface area (Å²) in [6.45, 7) is 5.18. The van der Waals surface area contributed by atoms with Crippen molar-refractivity contribution >= 4 is 17.6 Å². The average Bonchev–Trinajstić information content (AvgIpc) is 2.29. The molecule has 2 rings (SSSR count). The number of nitrogens with zero attached hydrogens (tertiary/aromatic N) is 3. The van der Waals surface area contributed by atoms with Crippen LogP contribution in [0.25, 0.3) is 0 Å². The third-order valence-corrected chi connectivity index (χ3v) is 3.57. The molecule has 0 amide bonds. The maximum Gasteiger partial charge on any atom is 0.144 e. The van der Waals surface area contributed by atoms with Crippen molar-refractivity contribution in [1.82, 2.24) is 14.9 Å². The van der Waals surface area contributed by atoms with Crippen molar-refractivity contribution in [2.75, 3.05) is 37.0 Å². The largest absolute Gasteiger partial charge is 0.373 e. The van der Waals surface area contributed by atoms with Crippen LogP contribution in [0.3, 0.4) is 0 Å². The lowest BCUT2D eigenvalue weighted by molar-refractivity contribution is 0.287. The Balaban J connectivity index is 2.04. The Morgan fingerprint density at radius 2 is 2.12 bits per heavy atom. The lowest BCUT2D eigenvalue weighted by Crippen LogP contribution is -2.32. The molecule has 0 spiro atoms. The first-order valence-electron chi connectivity index (χ1n) is 5.60. The first kappa shape index (κ1) is 11.7. The van der Waals surface area contributed by atoms with Gasteiger partial charge in [-0.2, -0.15) is 11.8 Å². The summed E-state index contributed by atoms with van der Waals surface area (Å²) in [5.74, 6) is 4.29. The Labute approximate surface area is 101 Å². The molecule has 16 heavy (non-hydrogen) atoms. The lowest BCUT2D eigenvalue weighted by atomic mass is 10.4. The molecule has 0 aliphatic carbocycles. The zero-order chi connectivity index (χ0) is 11.4. The minimum Gasteiger partial charge on any atom is -0.373 e. The van der Waals surface area contributed by atoms with Gasteiger partial charge in [0.2, 0.25) is 0 Å². The molecule has 1 aliphatic heterocycles. The molecular formula is C11H18N4S. The van der Waals surface area contributed by atoms with Gasteiger partial charge >= 0.3 is 0 Å². The van der Waals surface area contributed by atoms with Crippen molar-refractivity contribution in [3.63, 3.8) is 0 Å². The molecule has 1 fully saturated rings. The van der Waals surface area contributed by atoms with E-state index in [0.717, 1.165) is 37.0 Å². The Hall–Kier alpha value is -0.810. The summed E-state index contributed by atoms with van der Waals surface area (Å²) >= 11 is 2.03. The highest BCUT2D eigenvalue weighted by Gasteiger charge is 2.12. The summed E-state index contributed by atoms with van der Waals surface area (Å²) in [6.07, 6.45) is 0. The molecule has 88 valence electrons. The number of rotatable bonds is 3. The molecule has 2 heterocycles. The van der Waals surface area contributed by atoms with Crippen molar-refractivity contribution in [2.45, 2.75) is 13.5 Å². The highest BCUT2D eigenvalue weighted by atomic mass is 32.2. The Morgan fingerprint density at radius 3 is 2.81 bits per heavy atom. The van der Waals surface area contributed by atoms with Crippen molar-refractivity contribution in [3.05, 3.63) is 17.6 Å². The maximum absolute atomic E-state index is 4.48. The van der Waals surface area contributed by atoms with E-state index in [2.05, 4.69) is 20.2 Å². The molecule has 1 aromatic heterocycles. The van der Waals surface area contributed by atoms with E-state index in [1.165, 1.54) is 11.5 Å². The summed E-state index contributed by atoms with van der Waals surface area (Å²) in [5, 5.41) is 3.07. The van der Waals surface area contributed by atoms with Gasteiger partial charge in [0.15, 0.2) is 0 Å². The van der Waals surface area contributed by atoms with Crippen LogP contribution in [-0.4, -0.2) is 46.5 Å². The number of thioether (sulfide) groups is 1. The second-order valence-electron chi connectivity index (χ2n) is 3.95. The SMILES string of the molecule is CNc1cc(C)nc(CN2CCSCC2)n1. The Morgan fingerprint density at radius 1 is 1.38 bits per heavy atom. The van der Waals surface area contributed by atoms with Gasteiger partial charge in [-0.25, -0.2) is 9.97 Å². The summed E-state index contributed by atoms with van der Waals surface area (Å²) in [5.41, 5.74) is 1.03. The van der Waals surface area contributed by atoms with E-state index in [-0.39, 0.29) is 0 Å². The van der Waals surface area contributed by atoms with Gasteiger partial charge in [-0.3, -0.25) is 4.90 Å². The van der Waals surface area contributed by atoms with Gasteiger partial charge in [-0.1, -0.05) is 0 Å². The van der Waals surface area contributed by atoms with Crippen molar-refractivity contribution in [3.8, 4) is 0 Å². The molecule has 5 heteroatoms. The van der Waals surface area contributed by atoms with Gasteiger partial charge in [0.1, 0.15) is 11.6 Å². The molecule has 0 atom stereocenters. The molecule has 0 radical (unpaired) electrons. The molecule has 1 aliphatic rings. The molecule has 1 saturated heterocycles. The Kier molecular flexibility index (Phi) is 4.01. The van der Waals surface area contributed by atoms with Crippen LogP contribution >= 0.6 is 11.8 Å². The third-order valence-electron chi connectivity index (χ3n) is 2.63. The second kappa shape index (κ2) is 5.50. The third kappa shape index (κ3) is 3.09.